The molecule has 3 heteroatoms. The number of rotatable bonds is 4. The van der Waals surface area contributed by atoms with Crippen molar-refractivity contribution < 1.29 is 4.74 Å². The van der Waals surface area contributed by atoms with Crippen LogP contribution in [0.25, 0.3) is 0 Å². The zero-order valence-electron chi connectivity index (χ0n) is 12.7. The van der Waals surface area contributed by atoms with Gasteiger partial charge in [0.1, 0.15) is 5.75 Å². The molecule has 0 saturated carbocycles. The Morgan fingerprint density at radius 3 is 2.90 bits per heavy atom. The van der Waals surface area contributed by atoms with Gasteiger partial charge in [0.15, 0.2) is 0 Å². The first-order valence-corrected chi connectivity index (χ1v) is 7.89. The van der Waals surface area contributed by atoms with E-state index in [-0.39, 0.29) is 0 Å². The highest BCUT2D eigenvalue weighted by atomic mass is 16.5. The van der Waals surface area contributed by atoms with Crippen LogP contribution in [0, 0.1) is 6.92 Å². The van der Waals surface area contributed by atoms with Gasteiger partial charge in [0.25, 0.3) is 0 Å². The lowest BCUT2D eigenvalue weighted by molar-refractivity contribution is 0.206. The van der Waals surface area contributed by atoms with Crippen LogP contribution in [0.15, 0.2) is 18.2 Å². The standard InChI is InChI=1S/C17H26N2O/c1-13-11-14(7-8-17(13)20-2)12-19-10-4-6-16(19)15-5-3-9-18-15/h7-8,11,15-16,18H,3-6,9-10,12H2,1-2H3. The summed E-state index contributed by atoms with van der Waals surface area (Å²) in [5, 5.41) is 3.68. The third-order valence-corrected chi connectivity index (χ3v) is 4.82. The van der Waals surface area contributed by atoms with Crippen molar-refractivity contribution in [2.24, 2.45) is 0 Å². The van der Waals surface area contributed by atoms with Gasteiger partial charge < -0.3 is 10.1 Å². The Labute approximate surface area is 122 Å². The highest BCUT2D eigenvalue weighted by molar-refractivity contribution is 5.36. The Bertz CT molecular complexity index is 454. The molecule has 3 rings (SSSR count). The van der Waals surface area contributed by atoms with Crippen molar-refractivity contribution in [3.05, 3.63) is 29.3 Å². The molecule has 2 saturated heterocycles. The summed E-state index contributed by atoms with van der Waals surface area (Å²) in [6.07, 6.45) is 5.39. The molecular weight excluding hydrogens is 248 g/mol. The predicted octanol–water partition coefficient (Wildman–Crippen LogP) is 2.72. The van der Waals surface area contributed by atoms with Crippen molar-refractivity contribution in [2.75, 3.05) is 20.2 Å². The van der Waals surface area contributed by atoms with Gasteiger partial charge in [-0.1, -0.05) is 12.1 Å². The summed E-state index contributed by atoms with van der Waals surface area (Å²) < 4.78 is 5.35. The van der Waals surface area contributed by atoms with Crippen molar-refractivity contribution in [1.29, 1.82) is 0 Å². The van der Waals surface area contributed by atoms with E-state index in [1.807, 2.05) is 0 Å². The molecule has 2 atom stereocenters. The van der Waals surface area contributed by atoms with Crippen LogP contribution in [-0.2, 0) is 6.54 Å². The Morgan fingerprint density at radius 1 is 1.30 bits per heavy atom. The van der Waals surface area contributed by atoms with E-state index in [1.165, 1.54) is 49.9 Å². The van der Waals surface area contributed by atoms with Gasteiger partial charge >= 0.3 is 0 Å². The van der Waals surface area contributed by atoms with Gasteiger partial charge in [0.2, 0.25) is 0 Å². The maximum atomic E-state index is 5.35. The van der Waals surface area contributed by atoms with Crippen molar-refractivity contribution in [1.82, 2.24) is 10.2 Å². The number of hydrogen-bond donors (Lipinski definition) is 1. The molecule has 3 nitrogen and oxygen atoms in total. The van der Waals surface area contributed by atoms with Gasteiger partial charge in [0.05, 0.1) is 7.11 Å². The van der Waals surface area contributed by atoms with Crippen molar-refractivity contribution >= 4 is 0 Å². The first-order chi connectivity index (χ1) is 9.78. The first kappa shape index (κ1) is 13.9. The van der Waals surface area contributed by atoms with Crippen LogP contribution in [0.5, 0.6) is 5.75 Å². The van der Waals surface area contributed by atoms with Crippen LogP contribution in [0.1, 0.15) is 36.8 Å². The van der Waals surface area contributed by atoms with Gasteiger partial charge in [-0.2, -0.15) is 0 Å². The lowest BCUT2D eigenvalue weighted by Crippen LogP contribution is -2.43. The lowest BCUT2D eigenvalue weighted by atomic mass is 10.0. The second kappa shape index (κ2) is 6.15. The largest absolute Gasteiger partial charge is 0.496 e. The monoisotopic (exact) mass is 274 g/mol. The van der Waals surface area contributed by atoms with Gasteiger partial charge in [-0.05, 0) is 62.9 Å². The molecule has 0 amide bonds. The van der Waals surface area contributed by atoms with Gasteiger partial charge in [-0.3, -0.25) is 4.90 Å². The number of nitrogens with zero attached hydrogens (tertiary/aromatic N) is 1. The molecule has 2 aliphatic rings. The van der Waals surface area contributed by atoms with E-state index in [2.05, 4.69) is 35.3 Å². The molecule has 0 aromatic heterocycles. The van der Waals surface area contributed by atoms with Crippen molar-refractivity contribution in [3.63, 3.8) is 0 Å². The minimum Gasteiger partial charge on any atom is -0.496 e. The topological polar surface area (TPSA) is 24.5 Å². The number of nitrogens with one attached hydrogen (secondary N) is 1. The molecule has 0 bridgehead atoms. The van der Waals surface area contributed by atoms with Crippen LogP contribution >= 0.6 is 0 Å². The van der Waals surface area contributed by atoms with Gasteiger partial charge in [0, 0.05) is 18.6 Å². The zero-order chi connectivity index (χ0) is 13.9. The number of likely N-dealkylation sites (tertiary alicyclic amines) is 1. The average molecular weight is 274 g/mol. The van der Waals surface area contributed by atoms with Crippen LogP contribution < -0.4 is 10.1 Å². The van der Waals surface area contributed by atoms with Gasteiger partial charge in [-0.15, -0.1) is 0 Å². The Kier molecular flexibility index (Phi) is 4.27. The van der Waals surface area contributed by atoms with Gasteiger partial charge in [-0.25, -0.2) is 0 Å². The number of aryl methyl sites for hydroxylation is 1. The van der Waals surface area contributed by atoms with E-state index in [0.717, 1.165) is 24.4 Å². The predicted molar refractivity (Wildman–Crippen MR) is 82.2 cm³/mol. The number of benzene rings is 1. The Morgan fingerprint density at radius 2 is 2.20 bits per heavy atom. The molecule has 20 heavy (non-hydrogen) atoms. The molecule has 2 heterocycles. The summed E-state index contributed by atoms with van der Waals surface area (Å²) in [6, 6.07) is 8.04. The molecule has 2 fully saturated rings. The molecule has 1 aromatic rings. The summed E-state index contributed by atoms with van der Waals surface area (Å²) in [4.78, 5) is 2.67. The lowest BCUT2D eigenvalue weighted by Gasteiger charge is -2.29. The molecule has 2 unspecified atom stereocenters. The van der Waals surface area contributed by atoms with E-state index in [4.69, 9.17) is 4.74 Å². The summed E-state index contributed by atoms with van der Waals surface area (Å²) in [7, 11) is 1.74. The SMILES string of the molecule is COc1ccc(CN2CCCC2C2CCCN2)cc1C. The molecular formula is C17H26N2O. The minimum absolute atomic E-state index is 0.719. The first-order valence-electron chi connectivity index (χ1n) is 7.89. The highest BCUT2D eigenvalue weighted by Crippen LogP contribution is 2.27. The second-order valence-corrected chi connectivity index (χ2v) is 6.19. The van der Waals surface area contributed by atoms with Crippen molar-refractivity contribution in [3.8, 4) is 5.75 Å². The molecule has 0 spiro atoms. The van der Waals surface area contributed by atoms with Crippen LogP contribution in [0.4, 0.5) is 0 Å². The summed E-state index contributed by atoms with van der Waals surface area (Å²) in [5.41, 5.74) is 2.65. The highest BCUT2D eigenvalue weighted by Gasteiger charge is 2.32. The Hall–Kier alpha value is -1.06. The summed E-state index contributed by atoms with van der Waals surface area (Å²) >= 11 is 0. The molecule has 110 valence electrons. The number of ether oxygens (including phenoxy) is 1. The fraction of sp³-hybridized carbons (Fsp3) is 0.647. The number of methoxy groups -OCH3 is 1. The molecule has 2 aliphatic heterocycles. The van der Waals surface area contributed by atoms with Crippen molar-refractivity contribution in [2.45, 2.75) is 51.2 Å². The smallest absolute Gasteiger partial charge is 0.121 e. The molecule has 1 aromatic carbocycles. The third kappa shape index (κ3) is 2.84. The molecule has 0 aliphatic carbocycles. The average Bonchev–Trinajstić information content (AvgIpc) is 3.09. The molecule has 1 N–H and O–H groups in total. The maximum Gasteiger partial charge on any atom is 0.121 e. The van der Waals surface area contributed by atoms with Crippen LogP contribution in [-0.4, -0.2) is 37.2 Å². The fourth-order valence-corrected chi connectivity index (χ4v) is 3.82. The fourth-order valence-electron chi connectivity index (χ4n) is 3.82. The summed E-state index contributed by atoms with van der Waals surface area (Å²) in [5.74, 6) is 0.990. The molecule has 0 radical (unpaired) electrons. The normalized spacial score (nSPS) is 27.1. The number of hydrogen-bond acceptors (Lipinski definition) is 3. The quantitative estimate of drug-likeness (QED) is 0.913. The van der Waals surface area contributed by atoms with E-state index < -0.39 is 0 Å². The Balaban J connectivity index is 1.68. The third-order valence-electron chi connectivity index (χ3n) is 4.82. The van der Waals surface area contributed by atoms with E-state index in [0.29, 0.717) is 0 Å². The van der Waals surface area contributed by atoms with E-state index in [9.17, 15) is 0 Å². The summed E-state index contributed by atoms with van der Waals surface area (Å²) in [6.45, 7) is 5.65. The van der Waals surface area contributed by atoms with E-state index in [1.54, 1.807) is 7.11 Å². The van der Waals surface area contributed by atoms with Crippen LogP contribution in [0.2, 0.25) is 0 Å². The minimum atomic E-state index is 0.719. The van der Waals surface area contributed by atoms with E-state index >= 15 is 0 Å². The second-order valence-electron chi connectivity index (χ2n) is 6.19. The zero-order valence-corrected chi connectivity index (χ0v) is 12.7. The van der Waals surface area contributed by atoms with Crippen LogP contribution in [0.3, 0.4) is 0 Å². The maximum absolute atomic E-state index is 5.35.